The molecule has 2 rings (SSSR count). The molecule has 2 nitrogen and oxygen atoms in total. The van der Waals surface area contributed by atoms with E-state index in [-0.39, 0.29) is 0 Å². The summed E-state index contributed by atoms with van der Waals surface area (Å²) in [6, 6.07) is 21.1. The molecule has 0 atom stereocenters. The highest BCUT2D eigenvalue weighted by atomic mass is 28.4. The average Bonchev–Trinajstić information content (AvgIpc) is 2.70. The molecule has 0 bridgehead atoms. The summed E-state index contributed by atoms with van der Waals surface area (Å²) in [5.74, 6) is 0.693. The lowest BCUT2D eigenvalue weighted by Crippen LogP contribution is -2.63. The molecule has 0 amide bonds. The van der Waals surface area contributed by atoms with E-state index in [0.717, 1.165) is 25.9 Å². The van der Waals surface area contributed by atoms with Crippen molar-refractivity contribution in [3.8, 4) is 0 Å². The van der Waals surface area contributed by atoms with Crippen LogP contribution < -0.4 is 10.4 Å². The molecule has 0 aliphatic carbocycles. The second-order valence-corrected chi connectivity index (χ2v) is 10.2. The van der Waals surface area contributed by atoms with Gasteiger partial charge in [0.1, 0.15) is 0 Å². The number of hydrogen-bond donors (Lipinski definition) is 0. The first-order valence-electron chi connectivity index (χ1n) is 10.2. The van der Waals surface area contributed by atoms with Gasteiger partial charge in [0.2, 0.25) is 0 Å². The number of allylic oxidation sites excluding steroid dienone is 1. The second-order valence-electron chi connectivity index (χ2n) is 7.25. The number of benzene rings is 2. The molecule has 0 spiro atoms. The highest BCUT2D eigenvalue weighted by Gasteiger charge is 2.42. The van der Waals surface area contributed by atoms with Crippen molar-refractivity contribution in [2.75, 3.05) is 13.2 Å². The van der Waals surface area contributed by atoms with Crippen LogP contribution in [0.25, 0.3) is 0 Å². The fraction of sp³-hybridized carbons (Fsp3) is 0.417. The van der Waals surface area contributed by atoms with Gasteiger partial charge in [-0.1, -0.05) is 93.6 Å². The van der Waals surface area contributed by atoms with E-state index < -0.39 is 8.56 Å². The van der Waals surface area contributed by atoms with Gasteiger partial charge in [0.25, 0.3) is 0 Å². The van der Waals surface area contributed by atoms with E-state index in [1.165, 1.54) is 16.8 Å². The van der Waals surface area contributed by atoms with Crippen molar-refractivity contribution >= 4 is 18.9 Å². The van der Waals surface area contributed by atoms with E-state index in [2.05, 4.69) is 93.6 Å². The third kappa shape index (κ3) is 6.76. The van der Waals surface area contributed by atoms with Crippen LogP contribution in [0.2, 0.25) is 0 Å². The van der Waals surface area contributed by atoms with Gasteiger partial charge in [0.05, 0.1) is 0 Å². The Morgan fingerprint density at radius 1 is 0.815 bits per heavy atom. The summed E-state index contributed by atoms with van der Waals surface area (Å²) in [4.78, 5) is 0. The van der Waals surface area contributed by atoms with Crippen LogP contribution in [0.5, 0.6) is 0 Å². The molecule has 0 fully saturated rings. The predicted octanol–water partition coefficient (Wildman–Crippen LogP) is 5.07. The normalized spacial score (nSPS) is 12.1. The maximum atomic E-state index is 6.65. The van der Waals surface area contributed by atoms with Crippen LogP contribution in [0.3, 0.4) is 0 Å². The SMILES string of the molecule is CC/C=C\CCO[Si](OCCCC(C)C)(c1ccccc1)c1ccccc1. The van der Waals surface area contributed by atoms with E-state index in [4.69, 9.17) is 8.85 Å². The Balaban J connectivity index is 2.28. The van der Waals surface area contributed by atoms with E-state index in [1.54, 1.807) is 0 Å². The Labute approximate surface area is 166 Å². The molecular formula is C24H34O2Si. The second kappa shape index (κ2) is 11.9. The minimum absolute atomic E-state index is 0.677. The van der Waals surface area contributed by atoms with Gasteiger partial charge in [0, 0.05) is 13.2 Å². The minimum atomic E-state index is -2.71. The Kier molecular flexibility index (Phi) is 9.53. The fourth-order valence-electron chi connectivity index (χ4n) is 3.12. The van der Waals surface area contributed by atoms with E-state index in [1.807, 2.05) is 0 Å². The van der Waals surface area contributed by atoms with Gasteiger partial charge in [-0.15, -0.1) is 0 Å². The molecule has 27 heavy (non-hydrogen) atoms. The van der Waals surface area contributed by atoms with Gasteiger partial charge in [-0.2, -0.15) is 0 Å². The molecule has 0 saturated heterocycles. The van der Waals surface area contributed by atoms with Crippen molar-refractivity contribution in [2.45, 2.75) is 46.5 Å². The summed E-state index contributed by atoms with van der Waals surface area (Å²) in [6.45, 7) is 8.09. The Hall–Kier alpha value is -1.68. The van der Waals surface area contributed by atoms with Gasteiger partial charge >= 0.3 is 8.56 Å². The van der Waals surface area contributed by atoms with Gasteiger partial charge in [-0.3, -0.25) is 0 Å². The molecule has 0 aromatic heterocycles. The van der Waals surface area contributed by atoms with Gasteiger partial charge in [-0.25, -0.2) is 0 Å². The molecule has 2 aromatic rings. The zero-order valence-electron chi connectivity index (χ0n) is 17.1. The van der Waals surface area contributed by atoms with Crippen molar-refractivity contribution in [1.29, 1.82) is 0 Å². The van der Waals surface area contributed by atoms with Crippen molar-refractivity contribution < 1.29 is 8.85 Å². The molecule has 146 valence electrons. The van der Waals surface area contributed by atoms with E-state index in [0.29, 0.717) is 12.5 Å². The van der Waals surface area contributed by atoms with Gasteiger partial charge < -0.3 is 8.85 Å². The standard InChI is InChI=1S/C24H34O2Si/c1-4-5-6-13-20-25-27(23-16-9-7-10-17-23,24-18-11-8-12-19-24)26-21-14-15-22(2)3/h5-12,16-19,22H,4,13-15,20-21H2,1-3H3/b6-5-. The molecular weight excluding hydrogens is 348 g/mol. The maximum absolute atomic E-state index is 6.65. The first-order chi connectivity index (χ1) is 13.2. The van der Waals surface area contributed by atoms with Crippen LogP contribution in [0, 0.1) is 5.92 Å². The molecule has 0 radical (unpaired) electrons. The van der Waals surface area contributed by atoms with Crippen LogP contribution in [-0.2, 0) is 8.85 Å². The third-order valence-corrected chi connectivity index (χ3v) is 7.94. The molecule has 0 aliphatic rings. The van der Waals surface area contributed by atoms with Crippen molar-refractivity contribution in [2.24, 2.45) is 5.92 Å². The molecule has 0 saturated carbocycles. The lowest BCUT2D eigenvalue weighted by Gasteiger charge is -2.31. The van der Waals surface area contributed by atoms with Crippen LogP contribution in [0.1, 0.15) is 46.5 Å². The lowest BCUT2D eigenvalue weighted by molar-refractivity contribution is 0.188. The zero-order chi connectivity index (χ0) is 19.4. The van der Waals surface area contributed by atoms with Gasteiger partial charge in [0.15, 0.2) is 0 Å². The molecule has 0 aliphatic heterocycles. The predicted molar refractivity (Wildman–Crippen MR) is 118 cm³/mol. The van der Waals surface area contributed by atoms with E-state index in [9.17, 15) is 0 Å². The molecule has 2 aromatic carbocycles. The monoisotopic (exact) mass is 382 g/mol. The first kappa shape index (κ1) is 21.6. The van der Waals surface area contributed by atoms with Crippen molar-refractivity contribution in [1.82, 2.24) is 0 Å². The molecule has 0 N–H and O–H groups in total. The topological polar surface area (TPSA) is 18.5 Å². The summed E-state index contributed by atoms with van der Waals surface area (Å²) in [6.07, 6.45) is 8.61. The van der Waals surface area contributed by atoms with Crippen LogP contribution in [-0.4, -0.2) is 21.8 Å². The summed E-state index contributed by atoms with van der Waals surface area (Å²) in [5, 5.41) is 2.36. The average molecular weight is 383 g/mol. The van der Waals surface area contributed by atoms with Crippen molar-refractivity contribution in [3.05, 3.63) is 72.8 Å². The number of rotatable bonds is 12. The summed E-state index contributed by atoms with van der Waals surface area (Å²) in [7, 11) is -2.71. The van der Waals surface area contributed by atoms with Crippen LogP contribution >= 0.6 is 0 Å². The summed E-state index contributed by atoms with van der Waals surface area (Å²) in [5.41, 5.74) is 0. The molecule has 0 unspecified atom stereocenters. The summed E-state index contributed by atoms with van der Waals surface area (Å²) >= 11 is 0. The smallest absolute Gasteiger partial charge is 0.388 e. The van der Waals surface area contributed by atoms with Crippen LogP contribution in [0.15, 0.2) is 72.8 Å². The van der Waals surface area contributed by atoms with E-state index >= 15 is 0 Å². The van der Waals surface area contributed by atoms with Gasteiger partial charge in [-0.05, 0) is 42.0 Å². The fourth-order valence-corrected chi connectivity index (χ4v) is 6.30. The molecule has 0 heterocycles. The minimum Gasteiger partial charge on any atom is -0.388 e. The largest absolute Gasteiger partial charge is 0.407 e. The molecule has 3 heteroatoms. The zero-order valence-corrected chi connectivity index (χ0v) is 18.1. The maximum Gasteiger partial charge on any atom is 0.407 e. The summed E-state index contributed by atoms with van der Waals surface area (Å²) < 4.78 is 13.3. The highest BCUT2D eigenvalue weighted by Crippen LogP contribution is 2.13. The third-order valence-electron chi connectivity index (χ3n) is 4.53. The quantitative estimate of drug-likeness (QED) is 0.290. The Bertz CT molecular complexity index is 613. The lowest BCUT2D eigenvalue weighted by atomic mass is 10.1. The Morgan fingerprint density at radius 2 is 1.37 bits per heavy atom. The number of hydrogen-bond acceptors (Lipinski definition) is 2. The Morgan fingerprint density at radius 3 is 1.89 bits per heavy atom. The first-order valence-corrected chi connectivity index (χ1v) is 12.0. The van der Waals surface area contributed by atoms with Crippen LogP contribution in [0.4, 0.5) is 0 Å². The van der Waals surface area contributed by atoms with Crippen molar-refractivity contribution in [3.63, 3.8) is 0 Å². The highest BCUT2D eigenvalue weighted by molar-refractivity contribution is 6.92.